The molecule has 1 aliphatic heterocycles. The van der Waals surface area contributed by atoms with Gasteiger partial charge in [-0.05, 0) is 48.3 Å². The van der Waals surface area contributed by atoms with Crippen LogP contribution in [0.2, 0.25) is 0 Å². The third-order valence-corrected chi connectivity index (χ3v) is 3.83. The predicted molar refractivity (Wildman–Crippen MR) is 81.2 cm³/mol. The first-order chi connectivity index (χ1) is 9.67. The lowest BCUT2D eigenvalue weighted by molar-refractivity contribution is 0.0720. The first-order valence-electron chi connectivity index (χ1n) is 7.04. The molecule has 0 aromatic rings. The van der Waals surface area contributed by atoms with Gasteiger partial charge in [-0.3, -0.25) is 0 Å². The number of likely N-dealkylation sites (N-methyl/N-ethyl adjacent to an activating group) is 1. The van der Waals surface area contributed by atoms with E-state index in [2.05, 4.69) is 18.5 Å². The average Bonchev–Trinajstić information content (AvgIpc) is 2.47. The predicted octanol–water partition coefficient (Wildman–Crippen LogP) is 3.61. The van der Waals surface area contributed by atoms with Gasteiger partial charge in [0, 0.05) is 13.0 Å². The van der Waals surface area contributed by atoms with E-state index in [-0.39, 0.29) is 11.9 Å². The van der Waals surface area contributed by atoms with E-state index in [9.17, 15) is 4.39 Å². The smallest absolute Gasteiger partial charge is 0.100 e. The van der Waals surface area contributed by atoms with Crippen LogP contribution in [-0.2, 0) is 4.74 Å². The molecule has 0 fully saturated rings. The third kappa shape index (κ3) is 3.17. The minimum Gasteiger partial charge on any atom is -0.372 e. The summed E-state index contributed by atoms with van der Waals surface area (Å²) in [5.41, 5.74) is 4.43. The summed E-state index contributed by atoms with van der Waals surface area (Å²) in [5, 5.41) is 3.14. The molecule has 2 aliphatic rings. The third-order valence-electron chi connectivity index (χ3n) is 3.83. The van der Waals surface area contributed by atoms with Crippen molar-refractivity contribution in [3.05, 3.63) is 59.5 Å². The van der Waals surface area contributed by atoms with Crippen LogP contribution in [-0.4, -0.2) is 26.3 Å². The normalized spacial score (nSPS) is 23.2. The molecular formula is C17H22FNO. The fourth-order valence-corrected chi connectivity index (χ4v) is 2.72. The number of allylic oxidation sites excluding steroid dienone is 5. The lowest BCUT2D eigenvalue weighted by atomic mass is 9.86. The number of nitrogens with one attached hydrogen (secondary N) is 1. The fourth-order valence-electron chi connectivity index (χ4n) is 2.72. The van der Waals surface area contributed by atoms with E-state index in [1.807, 2.05) is 19.2 Å². The molecule has 0 aromatic heterocycles. The molecule has 108 valence electrons. The average molecular weight is 275 g/mol. The van der Waals surface area contributed by atoms with Crippen LogP contribution in [0.25, 0.3) is 0 Å². The van der Waals surface area contributed by atoms with E-state index < -0.39 is 0 Å². The Labute approximate surface area is 120 Å². The van der Waals surface area contributed by atoms with Crippen LogP contribution in [0.4, 0.5) is 4.39 Å². The van der Waals surface area contributed by atoms with Crippen molar-refractivity contribution >= 4 is 0 Å². The van der Waals surface area contributed by atoms with Gasteiger partial charge < -0.3 is 10.1 Å². The molecule has 0 saturated carbocycles. The Hall–Kier alpha value is -1.45. The van der Waals surface area contributed by atoms with Gasteiger partial charge >= 0.3 is 0 Å². The lowest BCUT2D eigenvalue weighted by Gasteiger charge is -2.29. The van der Waals surface area contributed by atoms with Gasteiger partial charge in [-0.25, -0.2) is 4.39 Å². The molecule has 0 bridgehead atoms. The highest BCUT2D eigenvalue weighted by Gasteiger charge is 2.24. The van der Waals surface area contributed by atoms with Gasteiger partial charge in [0.05, 0.1) is 12.7 Å². The van der Waals surface area contributed by atoms with Gasteiger partial charge in [0.1, 0.15) is 5.83 Å². The van der Waals surface area contributed by atoms with E-state index in [1.165, 1.54) is 5.57 Å². The first-order valence-corrected chi connectivity index (χ1v) is 7.04. The molecule has 3 heteroatoms. The Morgan fingerprint density at radius 3 is 2.85 bits per heavy atom. The monoisotopic (exact) mass is 275 g/mol. The zero-order chi connectivity index (χ0) is 14.5. The summed E-state index contributed by atoms with van der Waals surface area (Å²) in [6.07, 6.45) is 7.30. The maximum Gasteiger partial charge on any atom is 0.100 e. The van der Waals surface area contributed by atoms with Crippen molar-refractivity contribution in [2.75, 3.05) is 20.2 Å². The van der Waals surface area contributed by atoms with Gasteiger partial charge in [0.15, 0.2) is 0 Å². The summed E-state index contributed by atoms with van der Waals surface area (Å²) < 4.78 is 18.9. The second-order valence-corrected chi connectivity index (χ2v) is 5.09. The number of hydrogen-bond donors (Lipinski definition) is 1. The van der Waals surface area contributed by atoms with Gasteiger partial charge in [0.2, 0.25) is 0 Å². The van der Waals surface area contributed by atoms with Crippen LogP contribution in [0.1, 0.15) is 19.3 Å². The summed E-state index contributed by atoms with van der Waals surface area (Å²) in [4.78, 5) is 0. The van der Waals surface area contributed by atoms with E-state index in [4.69, 9.17) is 4.74 Å². The van der Waals surface area contributed by atoms with E-state index >= 15 is 0 Å². The maximum absolute atomic E-state index is 13.1. The largest absolute Gasteiger partial charge is 0.372 e. The molecule has 0 saturated heterocycles. The fraction of sp³-hybridized carbons (Fsp3) is 0.412. The van der Waals surface area contributed by atoms with E-state index in [0.29, 0.717) is 19.4 Å². The van der Waals surface area contributed by atoms with Crippen molar-refractivity contribution in [1.82, 2.24) is 5.32 Å². The number of halogens is 1. The Morgan fingerprint density at radius 1 is 1.45 bits per heavy atom. The minimum absolute atomic E-state index is 0.0227. The van der Waals surface area contributed by atoms with Gasteiger partial charge in [-0.15, -0.1) is 0 Å². The van der Waals surface area contributed by atoms with Crippen molar-refractivity contribution in [2.45, 2.75) is 25.4 Å². The van der Waals surface area contributed by atoms with Crippen molar-refractivity contribution in [3.63, 3.8) is 0 Å². The zero-order valence-corrected chi connectivity index (χ0v) is 12.0. The molecule has 1 unspecified atom stereocenters. The molecule has 2 rings (SSSR count). The van der Waals surface area contributed by atoms with Crippen molar-refractivity contribution in [2.24, 2.45) is 0 Å². The SMILES string of the molecule is C=CC1=C(C(=C)C2=CC=C(F)CC2)CCOC1CNC. The van der Waals surface area contributed by atoms with Crippen LogP contribution in [0.3, 0.4) is 0 Å². The molecule has 0 spiro atoms. The second-order valence-electron chi connectivity index (χ2n) is 5.09. The van der Waals surface area contributed by atoms with Crippen LogP contribution >= 0.6 is 0 Å². The molecule has 0 radical (unpaired) electrons. The highest BCUT2D eigenvalue weighted by atomic mass is 19.1. The Morgan fingerprint density at radius 2 is 2.25 bits per heavy atom. The first kappa shape index (κ1) is 14.9. The molecule has 0 aromatic carbocycles. The van der Waals surface area contributed by atoms with Gasteiger partial charge in [0.25, 0.3) is 0 Å². The highest BCUT2D eigenvalue weighted by Crippen LogP contribution is 2.34. The van der Waals surface area contributed by atoms with Crippen molar-refractivity contribution in [1.29, 1.82) is 0 Å². The molecule has 20 heavy (non-hydrogen) atoms. The number of ether oxygens (including phenoxy) is 1. The maximum atomic E-state index is 13.1. The summed E-state index contributed by atoms with van der Waals surface area (Å²) in [6.45, 7) is 9.57. The molecule has 1 heterocycles. The van der Waals surface area contributed by atoms with Gasteiger partial charge in [-0.2, -0.15) is 0 Å². The minimum atomic E-state index is -0.0560. The summed E-state index contributed by atoms with van der Waals surface area (Å²) in [7, 11) is 1.91. The molecule has 2 nitrogen and oxygen atoms in total. The lowest BCUT2D eigenvalue weighted by Crippen LogP contribution is -2.32. The van der Waals surface area contributed by atoms with Crippen LogP contribution < -0.4 is 5.32 Å². The van der Waals surface area contributed by atoms with Crippen molar-refractivity contribution in [3.8, 4) is 0 Å². The topological polar surface area (TPSA) is 21.3 Å². The molecular weight excluding hydrogens is 253 g/mol. The van der Waals surface area contributed by atoms with Crippen LogP contribution in [0.15, 0.2) is 59.5 Å². The molecule has 1 N–H and O–H groups in total. The highest BCUT2D eigenvalue weighted by molar-refractivity contribution is 5.52. The summed E-state index contributed by atoms with van der Waals surface area (Å²) >= 11 is 0. The summed E-state index contributed by atoms with van der Waals surface area (Å²) in [6, 6.07) is 0. The second kappa shape index (κ2) is 6.82. The van der Waals surface area contributed by atoms with Crippen LogP contribution in [0, 0.1) is 0 Å². The van der Waals surface area contributed by atoms with E-state index in [0.717, 1.165) is 29.7 Å². The molecule has 1 atom stereocenters. The number of hydrogen-bond acceptors (Lipinski definition) is 2. The Balaban J connectivity index is 2.28. The summed E-state index contributed by atoms with van der Waals surface area (Å²) in [5.74, 6) is -0.0560. The molecule has 0 amide bonds. The van der Waals surface area contributed by atoms with E-state index in [1.54, 1.807) is 6.08 Å². The van der Waals surface area contributed by atoms with Crippen molar-refractivity contribution < 1.29 is 9.13 Å². The Bertz CT molecular complexity index is 499. The number of rotatable bonds is 5. The zero-order valence-electron chi connectivity index (χ0n) is 12.0. The standard InChI is InChI=1S/C17H22FNO/c1-4-15-16(9-10-20-17(15)11-19-3)12(2)13-5-7-14(18)8-6-13/h4-5,7,17,19H,1-2,6,8-11H2,3H3. The molecule has 1 aliphatic carbocycles. The Kier molecular flexibility index (Phi) is 5.10. The van der Waals surface area contributed by atoms with Crippen LogP contribution in [0.5, 0.6) is 0 Å². The quantitative estimate of drug-likeness (QED) is 0.827. The van der Waals surface area contributed by atoms with Gasteiger partial charge in [-0.1, -0.05) is 25.3 Å².